The molecule has 0 saturated carbocycles. The number of ether oxygens (including phenoxy) is 3. The molecule has 0 saturated heterocycles. The predicted molar refractivity (Wildman–Crippen MR) is 120 cm³/mol. The number of methoxy groups -OCH3 is 3. The van der Waals surface area contributed by atoms with Crippen molar-refractivity contribution < 1.29 is 14.2 Å². The summed E-state index contributed by atoms with van der Waals surface area (Å²) in [6, 6.07) is 13.8. The summed E-state index contributed by atoms with van der Waals surface area (Å²) in [4.78, 5) is 6.42. The van der Waals surface area contributed by atoms with E-state index in [0.29, 0.717) is 13.1 Å². The molecule has 2 aromatic rings. The van der Waals surface area contributed by atoms with Gasteiger partial charge in [0.15, 0.2) is 5.96 Å². The summed E-state index contributed by atoms with van der Waals surface area (Å²) >= 11 is 0. The van der Waals surface area contributed by atoms with Crippen LogP contribution in [-0.2, 0) is 13.1 Å². The number of para-hydroxylation sites is 1. The molecule has 1 N–H and O–H groups in total. The minimum Gasteiger partial charge on any atom is -0.497 e. The highest BCUT2D eigenvalue weighted by molar-refractivity contribution is 14.0. The molecule has 7 heteroatoms. The summed E-state index contributed by atoms with van der Waals surface area (Å²) < 4.78 is 16.1. The molecule has 0 atom stereocenters. The van der Waals surface area contributed by atoms with Crippen molar-refractivity contribution in [3.05, 3.63) is 53.6 Å². The number of aliphatic imine (C=N–C) groups is 1. The van der Waals surface area contributed by atoms with Crippen molar-refractivity contribution in [3.63, 3.8) is 0 Å². The normalized spacial score (nSPS) is 10.6. The molecule has 0 aliphatic rings. The predicted octanol–water partition coefficient (Wildman–Crippen LogP) is 3.54. The first-order valence-corrected chi connectivity index (χ1v) is 8.37. The molecule has 0 spiro atoms. The Bertz CT molecular complexity index is 753. The molecule has 0 aromatic heterocycles. The van der Waals surface area contributed by atoms with Crippen LogP contribution in [0.3, 0.4) is 0 Å². The maximum atomic E-state index is 5.45. The number of nitrogens with one attached hydrogen (secondary N) is 1. The Morgan fingerprint density at radius 1 is 0.963 bits per heavy atom. The molecule has 0 aliphatic heterocycles. The van der Waals surface area contributed by atoms with E-state index in [-0.39, 0.29) is 24.0 Å². The fraction of sp³-hybridized carbons (Fsp3) is 0.350. The van der Waals surface area contributed by atoms with Crippen molar-refractivity contribution in [2.75, 3.05) is 35.4 Å². The topological polar surface area (TPSA) is 55.3 Å². The van der Waals surface area contributed by atoms with Crippen LogP contribution in [0.2, 0.25) is 0 Å². The van der Waals surface area contributed by atoms with E-state index in [2.05, 4.69) is 16.4 Å². The summed E-state index contributed by atoms with van der Waals surface area (Å²) in [5.41, 5.74) is 2.13. The SMILES string of the molecule is CN=C(NCc1ccc(OC)cc1OC)N(C)Cc1ccccc1OC.I. The van der Waals surface area contributed by atoms with E-state index < -0.39 is 0 Å². The van der Waals surface area contributed by atoms with E-state index in [1.54, 1.807) is 28.4 Å². The van der Waals surface area contributed by atoms with E-state index in [1.165, 1.54) is 0 Å². The Kier molecular flexibility index (Phi) is 9.77. The van der Waals surface area contributed by atoms with Gasteiger partial charge in [-0.1, -0.05) is 18.2 Å². The monoisotopic (exact) mass is 485 g/mol. The molecule has 0 bridgehead atoms. The molecular formula is C20H28IN3O3. The van der Waals surface area contributed by atoms with Gasteiger partial charge >= 0.3 is 0 Å². The number of hydrogen-bond acceptors (Lipinski definition) is 4. The first kappa shape index (κ1) is 22.9. The van der Waals surface area contributed by atoms with Crippen LogP contribution < -0.4 is 19.5 Å². The fourth-order valence-corrected chi connectivity index (χ4v) is 2.72. The zero-order valence-corrected chi connectivity index (χ0v) is 18.8. The minimum absolute atomic E-state index is 0. The van der Waals surface area contributed by atoms with Crippen LogP contribution >= 0.6 is 24.0 Å². The second-order valence-corrected chi connectivity index (χ2v) is 5.75. The van der Waals surface area contributed by atoms with Gasteiger partial charge < -0.3 is 24.4 Å². The first-order valence-electron chi connectivity index (χ1n) is 8.37. The number of rotatable bonds is 7. The third-order valence-corrected chi connectivity index (χ3v) is 4.10. The van der Waals surface area contributed by atoms with Gasteiger partial charge in [-0.15, -0.1) is 24.0 Å². The van der Waals surface area contributed by atoms with Crippen molar-refractivity contribution in [1.82, 2.24) is 10.2 Å². The first-order chi connectivity index (χ1) is 12.6. The molecule has 6 nitrogen and oxygen atoms in total. The lowest BCUT2D eigenvalue weighted by Crippen LogP contribution is -2.38. The molecule has 0 aliphatic carbocycles. The zero-order chi connectivity index (χ0) is 18.9. The lowest BCUT2D eigenvalue weighted by atomic mass is 10.2. The van der Waals surface area contributed by atoms with Crippen LogP contribution in [0.4, 0.5) is 0 Å². The molecule has 148 valence electrons. The van der Waals surface area contributed by atoms with E-state index in [4.69, 9.17) is 14.2 Å². The highest BCUT2D eigenvalue weighted by Crippen LogP contribution is 2.24. The van der Waals surface area contributed by atoms with Crippen LogP contribution in [0.25, 0.3) is 0 Å². The van der Waals surface area contributed by atoms with Crippen molar-refractivity contribution in [2.24, 2.45) is 4.99 Å². The van der Waals surface area contributed by atoms with E-state index in [1.807, 2.05) is 48.3 Å². The Balaban J connectivity index is 0.00000364. The second-order valence-electron chi connectivity index (χ2n) is 5.75. The Morgan fingerprint density at radius 3 is 2.30 bits per heavy atom. The lowest BCUT2D eigenvalue weighted by molar-refractivity contribution is 0.389. The molecule has 0 unspecified atom stereocenters. The largest absolute Gasteiger partial charge is 0.497 e. The van der Waals surface area contributed by atoms with Gasteiger partial charge in [-0.05, 0) is 18.2 Å². The van der Waals surface area contributed by atoms with Gasteiger partial charge in [0.05, 0.1) is 21.3 Å². The van der Waals surface area contributed by atoms with E-state index in [0.717, 1.165) is 34.3 Å². The number of benzene rings is 2. The average molecular weight is 485 g/mol. The Labute approximate surface area is 178 Å². The molecule has 0 radical (unpaired) electrons. The van der Waals surface area contributed by atoms with Crippen molar-refractivity contribution >= 4 is 29.9 Å². The standard InChI is InChI=1S/C20H27N3O3.HI/c1-21-20(23(2)14-16-8-6-7-9-18(16)25-4)22-13-15-10-11-17(24-3)12-19(15)26-5;/h6-12H,13-14H2,1-5H3,(H,21,22);1H. The Hall–Kier alpha value is -2.16. The smallest absolute Gasteiger partial charge is 0.193 e. The summed E-state index contributed by atoms with van der Waals surface area (Å²) in [6.07, 6.45) is 0. The average Bonchev–Trinajstić information content (AvgIpc) is 2.68. The van der Waals surface area contributed by atoms with Gasteiger partial charge in [-0.25, -0.2) is 0 Å². The number of hydrogen-bond donors (Lipinski definition) is 1. The van der Waals surface area contributed by atoms with Gasteiger partial charge in [0, 0.05) is 44.4 Å². The summed E-state index contributed by atoms with van der Waals surface area (Å²) in [6.45, 7) is 1.28. The Morgan fingerprint density at radius 2 is 1.67 bits per heavy atom. The molecule has 2 rings (SSSR count). The third kappa shape index (κ3) is 6.20. The molecule has 27 heavy (non-hydrogen) atoms. The second kappa shape index (κ2) is 11.5. The summed E-state index contributed by atoms with van der Waals surface area (Å²) in [5.74, 6) is 3.20. The van der Waals surface area contributed by atoms with Crippen LogP contribution in [-0.4, -0.2) is 46.3 Å². The van der Waals surface area contributed by atoms with Gasteiger partial charge in [0.2, 0.25) is 0 Å². The summed E-state index contributed by atoms with van der Waals surface area (Å²) in [5, 5.41) is 3.37. The van der Waals surface area contributed by atoms with Crippen molar-refractivity contribution in [1.29, 1.82) is 0 Å². The highest BCUT2D eigenvalue weighted by Gasteiger charge is 2.11. The van der Waals surface area contributed by atoms with Crippen molar-refractivity contribution in [2.45, 2.75) is 13.1 Å². The fourth-order valence-electron chi connectivity index (χ4n) is 2.72. The molecule has 0 fully saturated rings. The number of halogens is 1. The van der Waals surface area contributed by atoms with Gasteiger partial charge in [0.25, 0.3) is 0 Å². The van der Waals surface area contributed by atoms with Crippen LogP contribution in [0.1, 0.15) is 11.1 Å². The van der Waals surface area contributed by atoms with E-state index in [9.17, 15) is 0 Å². The zero-order valence-electron chi connectivity index (χ0n) is 16.5. The maximum absolute atomic E-state index is 5.45. The third-order valence-electron chi connectivity index (χ3n) is 4.10. The van der Waals surface area contributed by atoms with Crippen LogP contribution in [0, 0.1) is 0 Å². The number of nitrogens with zero attached hydrogens (tertiary/aromatic N) is 2. The minimum atomic E-state index is 0. The van der Waals surface area contributed by atoms with Gasteiger partial charge in [-0.2, -0.15) is 0 Å². The lowest BCUT2D eigenvalue weighted by Gasteiger charge is -2.23. The van der Waals surface area contributed by atoms with Crippen LogP contribution in [0.5, 0.6) is 17.2 Å². The maximum Gasteiger partial charge on any atom is 0.193 e. The van der Waals surface area contributed by atoms with Gasteiger partial charge in [-0.3, -0.25) is 4.99 Å². The molecule has 0 heterocycles. The van der Waals surface area contributed by atoms with Gasteiger partial charge in [0.1, 0.15) is 17.2 Å². The van der Waals surface area contributed by atoms with Crippen molar-refractivity contribution in [3.8, 4) is 17.2 Å². The molecular weight excluding hydrogens is 457 g/mol. The quantitative estimate of drug-likeness (QED) is 0.370. The van der Waals surface area contributed by atoms with Crippen LogP contribution in [0.15, 0.2) is 47.5 Å². The summed E-state index contributed by atoms with van der Waals surface area (Å²) in [7, 11) is 8.74. The highest BCUT2D eigenvalue weighted by atomic mass is 127. The van der Waals surface area contributed by atoms with E-state index >= 15 is 0 Å². The number of guanidine groups is 1. The molecule has 0 amide bonds. The molecule has 2 aromatic carbocycles.